The van der Waals surface area contributed by atoms with Gasteiger partial charge in [0.25, 0.3) is 0 Å². The van der Waals surface area contributed by atoms with Crippen molar-refractivity contribution in [2.45, 2.75) is 33.1 Å². The van der Waals surface area contributed by atoms with Crippen molar-refractivity contribution < 1.29 is 0 Å². The predicted octanol–water partition coefficient (Wildman–Crippen LogP) is 2.73. The molecule has 0 spiro atoms. The molecule has 1 heterocycles. The van der Waals surface area contributed by atoms with Crippen molar-refractivity contribution >= 4 is 0 Å². The molecule has 0 atom stereocenters. The summed E-state index contributed by atoms with van der Waals surface area (Å²) in [6, 6.07) is 4.20. The molecule has 0 aliphatic rings. The lowest BCUT2D eigenvalue weighted by Gasteiger charge is -1.98. The zero-order valence-corrected chi connectivity index (χ0v) is 7.30. The van der Waals surface area contributed by atoms with Gasteiger partial charge in [-0.2, -0.15) is 0 Å². The fraction of sp³-hybridized carbons (Fsp3) is 0.500. The fourth-order valence-corrected chi connectivity index (χ4v) is 1.09. The van der Waals surface area contributed by atoms with Crippen molar-refractivity contribution in [2.75, 3.05) is 0 Å². The monoisotopic (exact) mass is 149 g/mol. The van der Waals surface area contributed by atoms with Crippen LogP contribution in [0.2, 0.25) is 0 Å². The van der Waals surface area contributed by atoms with Crippen LogP contribution >= 0.6 is 0 Å². The van der Waals surface area contributed by atoms with E-state index in [1.54, 1.807) is 0 Å². The van der Waals surface area contributed by atoms with Gasteiger partial charge in [0.2, 0.25) is 0 Å². The molecule has 0 saturated carbocycles. The maximum Gasteiger partial charge on any atom is 0.0406 e. The van der Waals surface area contributed by atoms with E-state index in [1.807, 2.05) is 12.3 Å². The van der Waals surface area contributed by atoms with E-state index in [9.17, 15) is 0 Å². The van der Waals surface area contributed by atoms with Crippen molar-refractivity contribution in [2.24, 2.45) is 0 Å². The van der Waals surface area contributed by atoms with Crippen LogP contribution in [0.1, 0.15) is 31.0 Å². The number of aromatic nitrogens is 1. The van der Waals surface area contributed by atoms with E-state index in [0.29, 0.717) is 0 Å². The zero-order valence-electron chi connectivity index (χ0n) is 7.30. The summed E-state index contributed by atoms with van der Waals surface area (Å²) in [6.45, 7) is 4.31. The molecule has 0 amide bonds. The highest BCUT2D eigenvalue weighted by Crippen LogP contribution is 2.03. The van der Waals surface area contributed by atoms with Gasteiger partial charge in [-0.25, -0.2) is 0 Å². The number of hydrogen-bond acceptors (Lipinski definition) is 1. The number of rotatable bonds is 3. The summed E-state index contributed by atoms with van der Waals surface area (Å²) in [5.41, 5.74) is 2.54. The first-order valence-corrected chi connectivity index (χ1v) is 4.24. The van der Waals surface area contributed by atoms with E-state index in [0.717, 1.165) is 6.42 Å². The van der Waals surface area contributed by atoms with Gasteiger partial charge in [0.15, 0.2) is 0 Å². The average molecular weight is 149 g/mol. The smallest absolute Gasteiger partial charge is 0.0406 e. The summed E-state index contributed by atoms with van der Waals surface area (Å²) >= 11 is 0. The van der Waals surface area contributed by atoms with Crippen LogP contribution in [-0.2, 0) is 6.42 Å². The molecule has 0 N–H and O–H groups in total. The lowest BCUT2D eigenvalue weighted by molar-refractivity contribution is 0.776. The van der Waals surface area contributed by atoms with Crippen molar-refractivity contribution in [3.8, 4) is 0 Å². The Morgan fingerprint density at radius 3 is 2.91 bits per heavy atom. The van der Waals surface area contributed by atoms with Crippen LogP contribution in [0.5, 0.6) is 0 Å². The third-order valence-electron chi connectivity index (χ3n) is 1.76. The van der Waals surface area contributed by atoms with Crippen LogP contribution in [0, 0.1) is 6.92 Å². The second-order valence-corrected chi connectivity index (χ2v) is 2.93. The second-order valence-electron chi connectivity index (χ2n) is 2.93. The Morgan fingerprint density at radius 1 is 1.45 bits per heavy atom. The number of pyridine rings is 1. The molecule has 1 heteroatoms. The highest BCUT2D eigenvalue weighted by Gasteiger charge is 1.92. The molecule has 0 saturated heterocycles. The van der Waals surface area contributed by atoms with E-state index in [-0.39, 0.29) is 0 Å². The van der Waals surface area contributed by atoms with Crippen LogP contribution < -0.4 is 0 Å². The van der Waals surface area contributed by atoms with Crippen molar-refractivity contribution in [1.29, 1.82) is 0 Å². The van der Waals surface area contributed by atoms with Crippen LogP contribution in [0.25, 0.3) is 0 Å². The quantitative estimate of drug-likeness (QED) is 0.644. The Bertz CT molecular complexity index is 218. The molecule has 60 valence electrons. The summed E-state index contributed by atoms with van der Waals surface area (Å²) in [6.07, 6.45) is 5.50. The Balaban J connectivity index is 2.56. The van der Waals surface area contributed by atoms with Crippen LogP contribution in [-0.4, -0.2) is 4.98 Å². The molecule has 0 bridgehead atoms. The number of hydrogen-bond donors (Lipinski definition) is 0. The fourth-order valence-electron chi connectivity index (χ4n) is 1.09. The van der Waals surface area contributed by atoms with Gasteiger partial charge < -0.3 is 0 Å². The van der Waals surface area contributed by atoms with E-state index >= 15 is 0 Å². The Hall–Kier alpha value is -0.850. The molecule has 0 unspecified atom stereocenters. The maximum absolute atomic E-state index is 4.28. The molecule has 1 aromatic rings. The molecule has 1 aromatic heterocycles. The summed E-state index contributed by atoms with van der Waals surface area (Å²) in [5.74, 6) is 0. The van der Waals surface area contributed by atoms with Crippen LogP contribution in [0.15, 0.2) is 18.3 Å². The van der Waals surface area contributed by atoms with E-state index in [4.69, 9.17) is 0 Å². The predicted molar refractivity (Wildman–Crippen MR) is 47.6 cm³/mol. The first-order valence-electron chi connectivity index (χ1n) is 4.24. The van der Waals surface area contributed by atoms with Crippen LogP contribution in [0.3, 0.4) is 0 Å². The van der Waals surface area contributed by atoms with E-state index in [1.165, 1.54) is 24.1 Å². The number of aryl methyl sites for hydroxylation is 2. The molecule has 0 fully saturated rings. The first kappa shape index (κ1) is 8.25. The Morgan fingerprint density at radius 2 is 2.27 bits per heavy atom. The van der Waals surface area contributed by atoms with Gasteiger partial charge in [-0.15, -0.1) is 0 Å². The van der Waals surface area contributed by atoms with Crippen molar-refractivity contribution in [1.82, 2.24) is 4.98 Å². The Labute approximate surface area is 68.5 Å². The summed E-state index contributed by atoms with van der Waals surface area (Å²) in [4.78, 5) is 4.28. The van der Waals surface area contributed by atoms with E-state index in [2.05, 4.69) is 24.9 Å². The van der Waals surface area contributed by atoms with Gasteiger partial charge in [0.05, 0.1) is 0 Å². The average Bonchev–Trinajstić information content (AvgIpc) is 2.01. The highest BCUT2D eigenvalue weighted by molar-refractivity contribution is 5.14. The third-order valence-corrected chi connectivity index (χ3v) is 1.76. The van der Waals surface area contributed by atoms with Gasteiger partial charge in [0.1, 0.15) is 0 Å². The van der Waals surface area contributed by atoms with Crippen LogP contribution in [0.4, 0.5) is 0 Å². The minimum absolute atomic E-state index is 1.12. The SMILES string of the molecule is CCCCc1cc(C)ccn1. The molecule has 1 nitrogen and oxygen atoms in total. The summed E-state index contributed by atoms with van der Waals surface area (Å²) < 4.78 is 0. The number of nitrogens with zero attached hydrogens (tertiary/aromatic N) is 1. The molecule has 0 aliphatic heterocycles. The maximum atomic E-state index is 4.28. The Kier molecular flexibility index (Phi) is 3.09. The first-order chi connectivity index (χ1) is 5.33. The molecule has 11 heavy (non-hydrogen) atoms. The molecular weight excluding hydrogens is 134 g/mol. The third kappa shape index (κ3) is 2.71. The second kappa shape index (κ2) is 4.12. The summed E-state index contributed by atoms with van der Waals surface area (Å²) in [5, 5.41) is 0. The largest absolute Gasteiger partial charge is 0.261 e. The number of unbranched alkanes of at least 4 members (excludes halogenated alkanes) is 1. The van der Waals surface area contributed by atoms with Crippen molar-refractivity contribution in [3.63, 3.8) is 0 Å². The molecule has 0 radical (unpaired) electrons. The summed E-state index contributed by atoms with van der Waals surface area (Å²) in [7, 11) is 0. The van der Waals surface area contributed by atoms with Gasteiger partial charge in [-0.05, 0) is 37.5 Å². The molecular formula is C10H15N. The van der Waals surface area contributed by atoms with Gasteiger partial charge in [-0.1, -0.05) is 13.3 Å². The van der Waals surface area contributed by atoms with Crippen molar-refractivity contribution in [3.05, 3.63) is 29.6 Å². The topological polar surface area (TPSA) is 12.9 Å². The zero-order chi connectivity index (χ0) is 8.10. The highest BCUT2D eigenvalue weighted by atomic mass is 14.7. The molecule has 1 rings (SSSR count). The van der Waals surface area contributed by atoms with E-state index < -0.39 is 0 Å². The van der Waals surface area contributed by atoms with Gasteiger partial charge in [-0.3, -0.25) is 4.98 Å². The minimum atomic E-state index is 1.12. The lowest BCUT2D eigenvalue weighted by atomic mass is 10.1. The minimum Gasteiger partial charge on any atom is -0.261 e. The molecule has 0 aromatic carbocycles. The van der Waals surface area contributed by atoms with Gasteiger partial charge >= 0.3 is 0 Å². The molecule has 0 aliphatic carbocycles. The lowest BCUT2D eigenvalue weighted by Crippen LogP contribution is -1.89. The normalized spacial score (nSPS) is 10.0. The van der Waals surface area contributed by atoms with Gasteiger partial charge in [0, 0.05) is 11.9 Å². The standard InChI is InChI=1S/C10H15N/c1-3-4-5-10-8-9(2)6-7-11-10/h6-8H,3-5H2,1-2H3.